The fraction of sp³-hybridized carbons (Fsp3) is 0.467. The molecule has 0 aliphatic heterocycles. The number of rotatable bonds is 6. The number of oxazole rings is 1. The SMILES string of the molecule is CCC(CC)C(=O)NCCc1ccc2ncoc2c1. The highest BCUT2D eigenvalue weighted by Crippen LogP contribution is 2.14. The van der Waals surface area contributed by atoms with Gasteiger partial charge in [0, 0.05) is 12.5 Å². The molecule has 1 aromatic heterocycles. The molecule has 102 valence electrons. The number of fused-ring (bicyclic) bond motifs is 1. The molecule has 0 bridgehead atoms. The third-order valence-electron chi connectivity index (χ3n) is 3.46. The van der Waals surface area contributed by atoms with Crippen molar-refractivity contribution in [1.82, 2.24) is 10.3 Å². The summed E-state index contributed by atoms with van der Waals surface area (Å²) in [4.78, 5) is 15.9. The third kappa shape index (κ3) is 3.34. The quantitative estimate of drug-likeness (QED) is 0.868. The monoisotopic (exact) mass is 260 g/mol. The Bertz CT molecular complexity index is 544. The number of carbonyl (C=O) groups excluding carboxylic acids is 1. The number of nitrogens with one attached hydrogen (secondary N) is 1. The molecule has 0 saturated carbocycles. The molecule has 2 aromatic rings. The van der Waals surface area contributed by atoms with Gasteiger partial charge in [0.2, 0.25) is 5.91 Å². The van der Waals surface area contributed by atoms with Crippen molar-refractivity contribution < 1.29 is 9.21 Å². The third-order valence-corrected chi connectivity index (χ3v) is 3.46. The summed E-state index contributed by atoms with van der Waals surface area (Å²) in [6.45, 7) is 4.76. The van der Waals surface area contributed by atoms with E-state index in [1.165, 1.54) is 6.39 Å². The molecule has 0 unspecified atom stereocenters. The Morgan fingerprint density at radius 2 is 2.16 bits per heavy atom. The fourth-order valence-corrected chi connectivity index (χ4v) is 2.19. The molecule has 0 aliphatic rings. The van der Waals surface area contributed by atoms with Crippen molar-refractivity contribution >= 4 is 17.0 Å². The minimum atomic E-state index is 0.136. The summed E-state index contributed by atoms with van der Waals surface area (Å²) in [6, 6.07) is 5.94. The van der Waals surface area contributed by atoms with Crippen LogP contribution in [-0.4, -0.2) is 17.4 Å². The van der Waals surface area contributed by atoms with E-state index in [-0.39, 0.29) is 11.8 Å². The maximum absolute atomic E-state index is 11.8. The Labute approximate surface area is 113 Å². The number of hydrogen-bond acceptors (Lipinski definition) is 3. The summed E-state index contributed by atoms with van der Waals surface area (Å²) in [7, 11) is 0. The van der Waals surface area contributed by atoms with Crippen molar-refractivity contribution in [1.29, 1.82) is 0 Å². The van der Waals surface area contributed by atoms with Gasteiger partial charge in [-0.05, 0) is 37.0 Å². The summed E-state index contributed by atoms with van der Waals surface area (Å²) in [5.74, 6) is 0.294. The molecule has 0 spiro atoms. The highest BCUT2D eigenvalue weighted by atomic mass is 16.3. The number of amides is 1. The Morgan fingerprint density at radius 1 is 1.37 bits per heavy atom. The van der Waals surface area contributed by atoms with Gasteiger partial charge in [-0.3, -0.25) is 4.79 Å². The second-order valence-electron chi connectivity index (χ2n) is 4.71. The number of benzene rings is 1. The molecule has 2 rings (SSSR count). The predicted octanol–water partition coefficient (Wildman–Crippen LogP) is 2.92. The molecule has 1 amide bonds. The zero-order valence-electron chi connectivity index (χ0n) is 11.5. The molecule has 19 heavy (non-hydrogen) atoms. The molecule has 0 atom stereocenters. The Hall–Kier alpha value is -1.84. The van der Waals surface area contributed by atoms with E-state index >= 15 is 0 Å². The highest BCUT2D eigenvalue weighted by molar-refractivity contribution is 5.78. The molecule has 0 fully saturated rings. The number of nitrogens with zero attached hydrogens (tertiary/aromatic N) is 1. The van der Waals surface area contributed by atoms with Crippen LogP contribution >= 0.6 is 0 Å². The van der Waals surface area contributed by atoms with Gasteiger partial charge in [-0.25, -0.2) is 4.98 Å². The van der Waals surface area contributed by atoms with Gasteiger partial charge in [0.25, 0.3) is 0 Å². The first-order chi connectivity index (χ1) is 9.24. The molecule has 0 radical (unpaired) electrons. The summed E-state index contributed by atoms with van der Waals surface area (Å²) in [5, 5.41) is 2.99. The van der Waals surface area contributed by atoms with Gasteiger partial charge in [0.05, 0.1) is 0 Å². The lowest BCUT2D eigenvalue weighted by Gasteiger charge is -2.12. The average Bonchev–Trinajstić information content (AvgIpc) is 2.87. The van der Waals surface area contributed by atoms with E-state index in [1.807, 2.05) is 32.0 Å². The smallest absolute Gasteiger partial charge is 0.223 e. The fourth-order valence-electron chi connectivity index (χ4n) is 2.19. The summed E-state index contributed by atoms with van der Waals surface area (Å²) in [6.07, 6.45) is 4.05. The Balaban J connectivity index is 1.86. The number of hydrogen-bond donors (Lipinski definition) is 1. The van der Waals surface area contributed by atoms with Gasteiger partial charge in [-0.15, -0.1) is 0 Å². The first-order valence-electron chi connectivity index (χ1n) is 6.84. The van der Waals surface area contributed by atoms with Crippen LogP contribution in [0.15, 0.2) is 29.0 Å². The van der Waals surface area contributed by atoms with Crippen molar-refractivity contribution in [3.05, 3.63) is 30.2 Å². The van der Waals surface area contributed by atoms with Crippen LogP contribution in [0.25, 0.3) is 11.1 Å². The van der Waals surface area contributed by atoms with Gasteiger partial charge in [-0.2, -0.15) is 0 Å². The van der Waals surface area contributed by atoms with Crippen LogP contribution in [0.1, 0.15) is 32.3 Å². The number of carbonyl (C=O) groups is 1. The maximum atomic E-state index is 11.8. The molecule has 0 aliphatic carbocycles. The minimum Gasteiger partial charge on any atom is -0.443 e. The van der Waals surface area contributed by atoms with Crippen molar-refractivity contribution in [2.75, 3.05) is 6.54 Å². The zero-order valence-corrected chi connectivity index (χ0v) is 11.5. The van der Waals surface area contributed by atoms with Crippen molar-refractivity contribution in [3.8, 4) is 0 Å². The van der Waals surface area contributed by atoms with E-state index in [0.717, 1.165) is 35.9 Å². The van der Waals surface area contributed by atoms with Crippen LogP contribution in [0.5, 0.6) is 0 Å². The first kappa shape index (κ1) is 13.6. The molecule has 4 heteroatoms. The van der Waals surface area contributed by atoms with E-state index in [9.17, 15) is 4.79 Å². The minimum absolute atomic E-state index is 0.136. The highest BCUT2D eigenvalue weighted by Gasteiger charge is 2.12. The van der Waals surface area contributed by atoms with Crippen LogP contribution in [0.3, 0.4) is 0 Å². The topological polar surface area (TPSA) is 55.1 Å². The van der Waals surface area contributed by atoms with Crippen molar-refractivity contribution in [2.45, 2.75) is 33.1 Å². The van der Waals surface area contributed by atoms with Crippen LogP contribution in [-0.2, 0) is 11.2 Å². The van der Waals surface area contributed by atoms with Crippen LogP contribution in [0, 0.1) is 5.92 Å². The largest absolute Gasteiger partial charge is 0.443 e. The molecule has 1 aromatic carbocycles. The molecule has 1 heterocycles. The lowest BCUT2D eigenvalue weighted by Crippen LogP contribution is -2.31. The lowest BCUT2D eigenvalue weighted by molar-refractivity contribution is -0.125. The normalized spacial score (nSPS) is 11.1. The van der Waals surface area contributed by atoms with Crippen LogP contribution in [0.4, 0.5) is 0 Å². The maximum Gasteiger partial charge on any atom is 0.223 e. The van der Waals surface area contributed by atoms with Gasteiger partial charge >= 0.3 is 0 Å². The van der Waals surface area contributed by atoms with E-state index in [4.69, 9.17) is 4.42 Å². The van der Waals surface area contributed by atoms with Gasteiger partial charge in [0.1, 0.15) is 5.52 Å². The second kappa shape index (κ2) is 6.36. The van der Waals surface area contributed by atoms with Gasteiger partial charge in [-0.1, -0.05) is 19.9 Å². The van der Waals surface area contributed by atoms with E-state index in [2.05, 4.69) is 10.3 Å². The summed E-state index contributed by atoms with van der Waals surface area (Å²) in [5.41, 5.74) is 2.81. The Morgan fingerprint density at radius 3 is 2.89 bits per heavy atom. The molecule has 1 N–H and O–H groups in total. The van der Waals surface area contributed by atoms with E-state index in [0.29, 0.717) is 6.54 Å². The van der Waals surface area contributed by atoms with Crippen molar-refractivity contribution in [3.63, 3.8) is 0 Å². The molecular formula is C15H20N2O2. The van der Waals surface area contributed by atoms with E-state index < -0.39 is 0 Å². The van der Waals surface area contributed by atoms with Crippen LogP contribution in [0.2, 0.25) is 0 Å². The summed E-state index contributed by atoms with van der Waals surface area (Å²) >= 11 is 0. The van der Waals surface area contributed by atoms with E-state index in [1.54, 1.807) is 0 Å². The Kier molecular flexibility index (Phi) is 4.55. The average molecular weight is 260 g/mol. The summed E-state index contributed by atoms with van der Waals surface area (Å²) < 4.78 is 5.26. The van der Waals surface area contributed by atoms with Gasteiger partial charge in [0.15, 0.2) is 12.0 Å². The second-order valence-corrected chi connectivity index (χ2v) is 4.71. The van der Waals surface area contributed by atoms with Crippen LogP contribution < -0.4 is 5.32 Å². The van der Waals surface area contributed by atoms with Crippen molar-refractivity contribution in [2.24, 2.45) is 5.92 Å². The molecular weight excluding hydrogens is 240 g/mol. The predicted molar refractivity (Wildman–Crippen MR) is 74.8 cm³/mol. The lowest BCUT2D eigenvalue weighted by atomic mass is 10.0. The molecule has 4 nitrogen and oxygen atoms in total. The molecule has 0 saturated heterocycles. The standard InChI is InChI=1S/C15H20N2O2/c1-3-12(4-2)15(18)16-8-7-11-5-6-13-14(9-11)19-10-17-13/h5-6,9-10,12H,3-4,7-8H2,1-2H3,(H,16,18). The van der Waals surface area contributed by atoms with Gasteiger partial charge < -0.3 is 9.73 Å². The first-order valence-corrected chi connectivity index (χ1v) is 6.84. The number of aromatic nitrogens is 1. The zero-order chi connectivity index (χ0) is 13.7.